The van der Waals surface area contributed by atoms with E-state index < -0.39 is 7.12 Å². The molecule has 1 N–H and O–H groups in total. The minimum Gasteiger partial charge on any atom is -0.479 e. The Kier molecular flexibility index (Phi) is 2.40. The third kappa shape index (κ3) is 1.58. The van der Waals surface area contributed by atoms with Crippen LogP contribution in [0.1, 0.15) is 5.56 Å². The molecular weight excluding hydrogens is 181 g/mol. The van der Waals surface area contributed by atoms with Gasteiger partial charge >= 0.3 is 7.12 Å². The van der Waals surface area contributed by atoms with E-state index >= 15 is 0 Å². The average molecular weight is 189 g/mol. The van der Waals surface area contributed by atoms with Crippen LogP contribution in [0.15, 0.2) is 18.2 Å². The summed E-state index contributed by atoms with van der Waals surface area (Å²) in [5.74, 6) is 0.628. The molecule has 2 rings (SSSR count). The molecule has 0 saturated carbocycles. The van der Waals surface area contributed by atoms with E-state index in [0.29, 0.717) is 12.4 Å². The maximum absolute atomic E-state index is 9.33. The zero-order valence-electron chi connectivity index (χ0n) is 7.43. The molecule has 0 bridgehead atoms. The van der Waals surface area contributed by atoms with Gasteiger partial charge < -0.3 is 14.4 Å². The van der Waals surface area contributed by atoms with Crippen LogP contribution in [0.3, 0.4) is 0 Å². The van der Waals surface area contributed by atoms with E-state index in [1.165, 1.54) is 0 Å². The molecule has 4 nitrogen and oxygen atoms in total. The summed E-state index contributed by atoms with van der Waals surface area (Å²) in [4.78, 5) is 0. The van der Waals surface area contributed by atoms with E-state index in [4.69, 9.17) is 14.7 Å². The lowest BCUT2D eigenvalue weighted by Gasteiger charge is -2.03. The van der Waals surface area contributed by atoms with Crippen LogP contribution in [0.5, 0.6) is 5.75 Å². The molecule has 1 aliphatic rings. The molecule has 0 unspecified atom stereocenters. The Morgan fingerprint density at radius 3 is 3.29 bits per heavy atom. The minimum absolute atomic E-state index is 0.0300. The highest BCUT2D eigenvalue weighted by Crippen LogP contribution is 2.16. The smallest absolute Gasteiger partial charge is 0.479 e. The van der Waals surface area contributed by atoms with Gasteiger partial charge in [-0.1, -0.05) is 6.07 Å². The Hall–Kier alpha value is -1.51. The van der Waals surface area contributed by atoms with Crippen LogP contribution in [0.25, 0.3) is 0 Å². The number of hydrogen-bond acceptors (Lipinski definition) is 4. The molecule has 0 radical (unpaired) electrons. The lowest BCUT2D eigenvalue weighted by molar-refractivity contribution is 0.275. The molecule has 0 amide bonds. The highest BCUT2D eigenvalue weighted by Gasteiger charge is 2.27. The summed E-state index contributed by atoms with van der Waals surface area (Å²) >= 11 is 0. The highest BCUT2D eigenvalue weighted by molar-refractivity contribution is 6.61. The van der Waals surface area contributed by atoms with Crippen LogP contribution < -0.4 is 10.2 Å². The third-order valence-electron chi connectivity index (χ3n) is 2.08. The predicted molar refractivity (Wildman–Crippen MR) is 49.9 cm³/mol. The number of benzene rings is 1. The molecule has 0 aromatic heterocycles. The summed E-state index contributed by atoms with van der Waals surface area (Å²) in [7, 11) is -0.824. The Bertz CT molecular complexity index is 388. The molecule has 14 heavy (non-hydrogen) atoms. The van der Waals surface area contributed by atoms with Crippen LogP contribution >= 0.6 is 0 Å². The first-order valence-electron chi connectivity index (χ1n) is 4.23. The first-order valence-corrected chi connectivity index (χ1v) is 4.23. The summed E-state index contributed by atoms with van der Waals surface area (Å²) in [6.45, 7) is 0.419. The fraction of sp³-hybridized carbons (Fsp3) is 0.222. The highest BCUT2D eigenvalue weighted by atomic mass is 16.5. The van der Waals surface area contributed by atoms with Gasteiger partial charge in [-0.15, -0.1) is 0 Å². The van der Waals surface area contributed by atoms with Gasteiger partial charge in [-0.25, -0.2) is 0 Å². The van der Waals surface area contributed by atoms with Crippen molar-refractivity contribution < 1.29 is 14.4 Å². The predicted octanol–water partition coefficient (Wildman–Crippen LogP) is -0.193. The number of ether oxygens (including phenoxy) is 1. The van der Waals surface area contributed by atoms with Crippen molar-refractivity contribution in [2.24, 2.45) is 0 Å². The minimum atomic E-state index is -0.824. The van der Waals surface area contributed by atoms with Crippen molar-refractivity contribution in [1.82, 2.24) is 0 Å². The van der Waals surface area contributed by atoms with Gasteiger partial charge in [0, 0.05) is 0 Å². The van der Waals surface area contributed by atoms with Gasteiger partial charge in [0.15, 0.2) is 6.61 Å². The summed E-state index contributed by atoms with van der Waals surface area (Å²) in [5, 5.41) is 17.7. The SMILES string of the molecule is N#CCOc1ccc2c(c1)COB2O. The number of fused-ring (bicyclic) bond motifs is 1. The van der Waals surface area contributed by atoms with Crippen molar-refractivity contribution in [3.8, 4) is 11.8 Å². The topological polar surface area (TPSA) is 62.5 Å². The second kappa shape index (κ2) is 3.70. The normalized spacial score (nSPS) is 13.6. The van der Waals surface area contributed by atoms with Gasteiger partial charge in [0.1, 0.15) is 11.8 Å². The van der Waals surface area contributed by atoms with E-state index in [0.717, 1.165) is 11.0 Å². The summed E-state index contributed by atoms with van der Waals surface area (Å²) in [5.41, 5.74) is 1.68. The molecule has 1 aliphatic heterocycles. The maximum Gasteiger partial charge on any atom is 0.491 e. The number of nitrogens with zero attached hydrogens (tertiary/aromatic N) is 1. The van der Waals surface area contributed by atoms with Crippen molar-refractivity contribution in [2.45, 2.75) is 6.61 Å². The lowest BCUT2D eigenvalue weighted by Crippen LogP contribution is -2.27. The quantitative estimate of drug-likeness (QED) is 0.654. The second-order valence-electron chi connectivity index (χ2n) is 2.97. The van der Waals surface area contributed by atoms with Crippen LogP contribution in [-0.2, 0) is 11.3 Å². The van der Waals surface area contributed by atoms with Crippen LogP contribution in [-0.4, -0.2) is 18.7 Å². The zero-order chi connectivity index (χ0) is 9.97. The fourth-order valence-electron chi connectivity index (χ4n) is 1.41. The van der Waals surface area contributed by atoms with E-state index in [2.05, 4.69) is 0 Å². The van der Waals surface area contributed by atoms with Crippen LogP contribution in [0.4, 0.5) is 0 Å². The first-order chi connectivity index (χ1) is 6.81. The molecule has 1 heterocycles. The Morgan fingerprint density at radius 2 is 2.50 bits per heavy atom. The van der Waals surface area contributed by atoms with Gasteiger partial charge in [-0.3, -0.25) is 0 Å². The van der Waals surface area contributed by atoms with Crippen molar-refractivity contribution in [3.63, 3.8) is 0 Å². The van der Waals surface area contributed by atoms with E-state index in [1.807, 2.05) is 6.07 Å². The molecule has 0 atom stereocenters. The molecule has 5 heteroatoms. The molecule has 70 valence electrons. The number of rotatable bonds is 2. The van der Waals surface area contributed by atoms with E-state index in [1.54, 1.807) is 18.2 Å². The lowest BCUT2D eigenvalue weighted by atomic mass is 9.80. The molecule has 0 aliphatic carbocycles. The molecular formula is C9H8BNO3. The van der Waals surface area contributed by atoms with Crippen molar-refractivity contribution >= 4 is 12.6 Å². The van der Waals surface area contributed by atoms with Gasteiger partial charge in [-0.2, -0.15) is 5.26 Å². The Balaban J connectivity index is 2.20. The zero-order valence-corrected chi connectivity index (χ0v) is 7.43. The average Bonchev–Trinajstić information content (AvgIpc) is 2.57. The summed E-state index contributed by atoms with van der Waals surface area (Å²) < 4.78 is 10.1. The van der Waals surface area contributed by atoms with Gasteiger partial charge in [0.05, 0.1) is 6.61 Å². The van der Waals surface area contributed by atoms with Gasteiger partial charge in [-0.05, 0) is 23.2 Å². The Labute approximate surface area is 81.8 Å². The molecule has 0 saturated heterocycles. The van der Waals surface area contributed by atoms with Crippen LogP contribution in [0, 0.1) is 11.3 Å². The van der Waals surface area contributed by atoms with E-state index in [-0.39, 0.29) is 6.61 Å². The second-order valence-corrected chi connectivity index (χ2v) is 2.97. The molecule has 0 fully saturated rings. The third-order valence-corrected chi connectivity index (χ3v) is 2.08. The monoisotopic (exact) mass is 189 g/mol. The summed E-state index contributed by atoms with van der Waals surface area (Å²) in [6, 6.07) is 7.14. The Morgan fingerprint density at radius 1 is 1.64 bits per heavy atom. The van der Waals surface area contributed by atoms with Crippen molar-refractivity contribution in [2.75, 3.05) is 6.61 Å². The van der Waals surface area contributed by atoms with Crippen molar-refractivity contribution in [1.29, 1.82) is 5.26 Å². The first kappa shape index (κ1) is 9.07. The largest absolute Gasteiger partial charge is 0.491 e. The van der Waals surface area contributed by atoms with Crippen molar-refractivity contribution in [3.05, 3.63) is 23.8 Å². The van der Waals surface area contributed by atoms with Crippen LogP contribution in [0.2, 0.25) is 0 Å². The standard InChI is InChI=1S/C9H8BNO3/c11-3-4-13-8-1-2-9-7(5-8)6-14-10(9)12/h1-2,5,12H,4,6H2. The molecule has 1 aromatic rings. The van der Waals surface area contributed by atoms with Gasteiger partial charge in [0.2, 0.25) is 0 Å². The number of nitriles is 1. The number of hydrogen-bond donors (Lipinski definition) is 1. The maximum atomic E-state index is 9.33. The van der Waals surface area contributed by atoms with Gasteiger partial charge in [0.25, 0.3) is 0 Å². The van der Waals surface area contributed by atoms with E-state index in [9.17, 15) is 5.02 Å². The molecule has 1 aromatic carbocycles. The fourth-order valence-corrected chi connectivity index (χ4v) is 1.41. The summed E-state index contributed by atoms with van der Waals surface area (Å²) in [6.07, 6.45) is 0. The molecule has 0 spiro atoms.